The summed E-state index contributed by atoms with van der Waals surface area (Å²) in [5.74, 6) is 0.0666. The number of hydrogen-bond donors (Lipinski definition) is 2. The SMILES string of the molecule is CCC1CCNC(C(=O)Nc2ccc(C)cc2F)C1. The Morgan fingerprint density at radius 2 is 2.32 bits per heavy atom. The Balaban J connectivity index is 2.00. The molecule has 1 heterocycles. The zero-order chi connectivity index (χ0) is 13.8. The molecule has 2 atom stereocenters. The number of aryl methyl sites for hydroxylation is 1. The summed E-state index contributed by atoms with van der Waals surface area (Å²) in [5, 5.41) is 5.88. The lowest BCUT2D eigenvalue weighted by Gasteiger charge is -2.28. The summed E-state index contributed by atoms with van der Waals surface area (Å²) >= 11 is 0. The van der Waals surface area contributed by atoms with Crippen molar-refractivity contribution in [2.24, 2.45) is 5.92 Å². The van der Waals surface area contributed by atoms with Gasteiger partial charge in [-0.1, -0.05) is 19.4 Å². The largest absolute Gasteiger partial charge is 0.322 e. The second kappa shape index (κ2) is 6.15. The van der Waals surface area contributed by atoms with Gasteiger partial charge >= 0.3 is 0 Å². The average molecular weight is 264 g/mol. The molecule has 0 bridgehead atoms. The van der Waals surface area contributed by atoms with Crippen molar-refractivity contribution >= 4 is 11.6 Å². The van der Waals surface area contributed by atoms with E-state index in [1.54, 1.807) is 12.1 Å². The van der Waals surface area contributed by atoms with Crippen molar-refractivity contribution in [2.75, 3.05) is 11.9 Å². The van der Waals surface area contributed by atoms with E-state index >= 15 is 0 Å². The van der Waals surface area contributed by atoms with Crippen LogP contribution in [-0.2, 0) is 4.79 Å². The molecule has 19 heavy (non-hydrogen) atoms. The normalized spacial score (nSPS) is 23.1. The summed E-state index contributed by atoms with van der Waals surface area (Å²) in [7, 11) is 0. The molecule has 2 N–H and O–H groups in total. The van der Waals surface area contributed by atoms with E-state index in [1.165, 1.54) is 6.07 Å². The molecule has 1 fully saturated rings. The van der Waals surface area contributed by atoms with E-state index in [9.17, 15) is 9.18 Å². The van der Waals surface area contributed by atoms with E-state index in [4.69, 9.17) is 0 Å². The van der Waals surface area contributed by atoms with Gasteiger partial charge < -0.3 is 10.6 Å². The van der Waals surface area contributed by atoms with Crippen LogP contribution in [0.4, 0.5) is 10.1 Å². The quantitative estimate of drug-likeness (QED) is 0.881. The first-order valence-corrected chi connectivity index (χ1v) is 6.90. The monoisotopic (exact) mass is 264 g/mol. The molecular formula is C15H21FN2O. The molecule has 0 radical (unpaired) electrons. The first kappa shape index (κ1) is 14.0. The van der Waals surface area contributed by atoms with E-state index in [0.717, 1.165) is 31.4 Å². The number of carbonyl (C=O) groups excluding carboxylic acids is 1. The minimum absolute atomic E-state index is 0.138. The molecule has 0 saturated carbocycles. The van der Waals surface area contributed by atoms with Crippen molar-refractivity contribution in [2.45, 2.75) is 39.2 Å². The molecule has 1 aromatic rings. The Morgan fingerprint density at radius 1 is 1.53 bits per heavy atom. The van der Waals surface area contributed by atoms with E-state index in [0.29, 0.717) is 5.92 Å². The lowest BCUT2D eigenvalue weighted by Crippen LogP contribution is -2.46. The lowest BCUT2D eigenvalue weighted by molar-refractivity contribution is -0.119. The van der Waals surface area contributed by atoms with Gasteiger partial charge in [0.2, 0.25) is 5.91 Å². The number of nitrogens with one attached hydrogen (secondary N) is 2. The third-order valence-corrected chi connectivity index (χ3v) is 3.79. The van der Waals surface area contributed by atoms with Crippen LogP contribution in [0, 0.1) is 18.7 Å². The zero-order valence-electron chi connectivity index (χ0n) is 11.5. The van der Waals surface area contributed by atoms with Gasteiger partial charge in [-0.05, 0) is 49.9 Å². The van der Waals surface area contributed by atoms with Crippen molar-refractivity contribution in [3.8, 4) is 0 Å². The van der Waals surface area contributed by atoms with Crippen LogP contribution < -0.4 is 10.6 Å². The van der Waals surface area contributed by atoms with Gasteiger partial charge in [-0.15, -0.1) is 0 Å². The van der Waals surface area contributed by atoms with Crippen molar-refractivity contribution < 1.29 is 9.18 Å². The Kier molecular flexibility index (Phi) is 4.53. The zero-order valence-corrected chi connectivity index (χ0v) is 11.5. The Labute approximate surface area is 113 Å². The number of benzene rings is 1. The number of halogens is 1. The highest BCUT2D eigenvalue weighted by Gasteiger charge is 2.26. The van der Waals surface area contributed by atoms with Crippen LogP contribution in [0.15, 0.2) is 18.2 Å². The summed E-state index contributed by atoms with van der Waals surface area (Å²) in [6, 6.07) is 4.63. The molecule has 1 amide bonds. The van der Waals surface area contributed by atoms with Crippen LogP contribution in [0.25, 0.3) is 0 Å². The van der Waals surface area contributed by atoms with Crippen molar-refractivity contribution in [3.05, 3.63) is 29.6 Å². The fourth-order valence-electron chi connectivity index (χ4n) is 2.51. The van der Waals surface area contributed by atoms with Crippen LogP contribution in [0.5, 0.6) is 0 Å². The molecule has 4 heteroatoms. The second-order valence-electron chi connectivity index (χ2n) is 5.28. The van der Waals surface area contributed by atoms with E-state index < -0.39 is 0 Å². The van der Waals surface area contributed by atoms with Crippen molar-refractivity contribution in [1.82, 2.24) is 5.32 Å². The van der Waals surface area contributed by atoms with Crippen molar-refractivity contribution in [3.63, 3.8) is 0 Å². The Bertz CT molecular complexity index is 461. The molecule has 1 aliphatic heterocycles. The highest BCUT2D eigenvalue weighted by atomic mass is 19.1. The third-order valence-electron chi connectivity index (χ3n) is 3.79. The maximum absolute atomic E-state index is 13.7. The van der Waals surface area contributed by atoms with Crippen LogP contribution >= 0.6 is 0 Å². The number of amides is 1. The standard InChI is InChI=1S/C15H21FN2O/c1-3-11-6-7-17-14(9-11)15(19)18-13-5-4-10(2)8-12(13)16/h4-5,8,11,14,17H,3,6-7,9H2,1-2H3,(H,18,19). The van der Waals surface area contributed by atoms with E-state index in [1.807, 2.05) is 6.92 Å². The number of anilines is 1. The fourth-order valence-corrected chi connectivity index (χ4v) is 2.51. The van der Waals surface area contributed by atoms with Crippen LogP contribution in [-0.4, -0.2) is 18.5 Å². The van der Waals surface area contributed by atoms with Gasteiger partial charge in [0.15, 0.2) is 0 Å². The molecule has 0 aromatic heterocycles. The maximum atomic E-state index is 13.7. The molecule has 0 aliphatic carbocycles. The first-order chi connectivity index (χ1) is 9.10. The average Bonchev–Trinajstić information content (AvgIpc) is 2.42. The van der Waals surface area contributed by atoms with Gasteiger partial charge in [0.1, 0.15) is 5.82 Å². The maximum Gasteiger partial charge on any atom is 0.241 e. The van der Waals surface area contributed by atoms with E-state index in [-0.39, 0.29) is 23.5 Å². The summed E-state index contributed by atoms with van der Waals surface area (Å²) < 4.78 is 13.7. The molecule has 1 aromatic carbocycles. The van der Waals surface area contributed by atoms with E-state index in [2.05, 4.69) is 17.6 Å². The Hall–Kier alpha value is -1.42. The van der Waals surface area contributed by atoms with Gasteiger partial charge in [0, 0.05) is 0 Å². The summed E-state index contributed by atoms with van der Waals surface area (Å²) in [5.41, 5.74) is 1.10. The van der Waals surface area contributed by atoms with Gasteiger partial charge in [0.25, 0.3) is 0 Å². The van der Waals surface area contributed by atoms with Gasteiger partial charge in [-0.2, -0.15) is 0 Å². The molecule has 2 rings (SSSR count). The first-order valence-electron chi connectivity index (χ1n) is 6.90. The van der Waals surface area contributed by atoms with Crippen LogP contribution in [0.3, 0.4) is 0 Å². The Morgan fingerprint density at radius 3 is 3.00 bits per heavy atom. The highest BCUT2D eigenvalue weighted by molar-refractivity contribution is 5.95. The van der Waals surface area contributed by atoms with Crippen LogP contribution in [0.2, 0.25) is 0 Å². The van der Waals surface area contributed by atoms with Crippen molar-refractivity contribution in [1.29, 1.82) is 0 Å². The number of rotatable bonds is 3. The van der Waals surface area contributed by atoms with Crippen LogP contribution in [0.1, 0.15) is 31.7 Å². The highest BCUT2D eigenvalue weighted by Crippen LogP contribution is 2.21. The molecule has 1 saturated heterocycles. The summed E-state index contributed by atoms with van der Waals surface area (Å²) in [4.78, 5) is 12.1. The molecular weight excluding hydrogens is 243 g/mol. The summed E-state index contributed by atoms with van der Waals surface area (Å²) in [6.07, 6.45) is 3.03. The minimum atomic E-state index is -0.379. The number of hydrogen-bond acceptors (Lipinski definition) is 2. The second-order valence-corrected chi connectivity index (χ2v) is 5.28. The smallest absolute Gasteiger partial charge is 0.241 e. The minimum Gasteiger partial charge on any atom is -0.322 e. The molecule has 2 unspecified atom stereocenters. The lowest BCUT2D eigenvalue weighted by atomic mass is 9.90. The number of carbonyl (C=O) groups is 1. The summed E-state index contributed by atoms with van der Waals surface area (Å²) in [6.45, 7) is 4.82. The molecule has 1 aliphatic rings. The number of piperidine rings is 1. The molecule has 3 nitrogen and oxygen atoms in total. The third kappa shape index (κ3) is 3.53. The van der Waals surface area contributed by atoms with Gasteiger partial charge in [-0.25, -0.2) is 4.39 Å². The molecule has 0 spiro atoms. The molecule has 104 valence electrons. The van der Waals surface area contributed by atoms with Gasteiger partial charge in [-0.3, -0.25) is 4.79 Å². The predicted octanol–water partition coefficient (Wildman–Crippen LogP) is 2.85. The fraction of sp³-hybridized carbons (Fsp3) is 0.533. The van der Waals surface area contributed by atoms with Gasteiger partial charge in [0.05, 0.1) is 11.7 Å². The topological polar surface area (TPSA) is 41.1 Å². The predicted molar refractivity (Wildman–Crippen MR) is 74.6 cm³/mol.